The van der Waals surface area contributed by atoms with Gasteiger partial charge in [0.1, 0.15) is 11.5 Å². The Hall–Kier alpha value is -2.60. The maximum atomic E-state index is 12.3. The molecule has 1 saturated heterocycles. The van der Waals surface area contributed by atoms with E-state index in [1.54, 1.807) is 0 Å². The lowest BCUT2D eigenvalue weighted by atomic mass is 9.96. The number of rotatable bonds is 6. The first kappa shape index (κ1) is 17.8. The monoisotopic (exact) mass is 366 g/mol. The molecule has 0 radical (unpaired) electrons. The molecule has 3 aromatic rings. The number of amides is 1. The maximum Gasteiger partial charge on any atom is 0.226 e. The molecule has 0 unspecified atom stereocenters. The molecule has 3 heterocycles. The smallest absolute Gasteiger partial charge is 0.226 e. The molecular weight excluding hydrogens is 340 g/mol. The van der Waals surface area contributed by atoms with Crippen LogP contribution in [0.25, 0.3) is 10.9 Å². The Labute approximate surface area is 158 Å². The highest BCUT2D eigenvalue weighted by Gasteiger charge is 2.20. The van der Waals surface area contributed by atoms with E-state index >= 15 is 0 Å². The largest absolute Gasteiger partial charge is 0.465 e. The minimum Gasteiger partial charge on any atom is -0.465 e. The minimum absolute atomic E-state index is 0.0536. The predicted molar refractivity (Wildman–Crippen MR) is 104 cm³/mol. The fourth-order valence-electron chi connectivity index (χ4n) is 3.77. The van der Waals surface area contributed by atoms with E-state index in [9.17, 15) is 4.79 Å². The van der Waals surface area contributed by atoms with Crippen LogP contribution in [-0.4, -0.2) is 40.6 Å². The number of fused-ring (bicyclic) bond motifs is 1. The summed E-state index contributed by atoms with van der Waals surface area (Å²) in [6, 6.07) is 11.9. The number of H-pyrrole nitrogens is 1. The number of furan rings is 1. The normalized spacial score (nSPS) is 16.0. The second-order valence-corrected chi connectivity index (χ2v) is 7.43. The van der Waals surface area contributed by atoms with Gasteiger partial charge in [0.05, 0.1) is 24.2 Å². The number of carbonyl (C=O) groups excluding carboxylic acids is 1. The first-order chi connectivity index (χ1) is 13.2. The number of para-hydroxylation sites is 1. The molecule has 6 heteroatoms. The van der Waals surface area contributed by atoms with Gasteiger partial charge in [-0.3, -0.25) is 14.8 Å². The topological polar surface area (TPSA) is 74.2 Å². The molecule has 4 rings (SSSR count). The summed E-state index contributed by atoms with van der Waals surface area (Å²) in [6.07, 6.45) is 2.55. The van der Waals surface area contributed by atoms with E-state index in [1.807, 2.05) is 37.3 Å². The fourth-order valence-corrected chi connectivity index (χ4v) is 3.77. The van der Waals surface area contributed by atoms with Gasteiger partial charge in [-0.15, -0.1) is 0 Å². The molecule has 0 bridgehead atoms. The Morgan fingerprint density at radius 3 is 2.85 bits per heavy atom. The van der Waals surface area contributed by atoms with Crippen molar-refractivity contribution in [1.29, 1.82) is 0 Å². The third kappa shape index (κ3) is 4.39. The van der Waals surface area contributed by atoms with Crippen LogP contribution < -0.4 is 5.32 Å². The van der Waals surface area contributed by atoms with Crippen LogP contribution in [0.3, 0.4) is 0 Å². The van der Waals surface area contributed by atoms with Gasteiger partial charge in [0, 0.05) is 11.9 Å². The second-order valence-electron chi connectivity index (χ2n) is 7.43. The third-order valence-corrected chi connectivity index (χ3v) is 5.35. The van der Waals surface area contributed by atoms with E-state index in [0.29, 0.717) is 12.3 Å². The summed E-state index contributed by atoms with van der Waals surface area (Å²) in [5.74, 6) is 2.60. The van der Waals surface area contributed by atoms with Crippen LogP contribution in [0.5, 0.6) is 0 Å². The van der Waals surface area contributed by atoms with Crippen molar-refractivity contribution < 1.29 is 9.21 Å². The maximum absolute atomic E-state index is 12.3. The molecule has 1 amide bonds. The number of aromatic amines is 1. The van der Waals surface area contributed by atoms with Crippen molar-refractivity contribution in [2.24, 2.45) is 5.92 Å². The molecule has 2 N–H and O–H groups in total. The SMILES string of the molecule is Cc1ccc(CN2CCC(CNC(=O)Cc3[nH]nc4ccccc34)CC2)o1. The summed E-state index contributed by atoms with van der Waals surface area (Å²) < 4.78 is 5.67. The second kappa shape index (κ2) is 7.96. The van der Waals surface area contributed by atoms with Crippen LogP contribution in [0.15, 0.2) is 40.8 Å². The predicted octanol–water partition coefficient (Wildman–Crippen LogP) is 3.04. The third-order valence-electron chi connectivity index (χ3n) is 5.35. The summed E-state index contributed by atoms with van der Waals surface area (Å²) in [5, 5.41) is 11.4. The number of piperidine rings is 1. The van der Waals surface area contributed by atoms with Gasteiger partial charge >= 0.3 is 0 Å². The molecule has 27 heavy (non-hydrogen) atoms. The number of benzene rings is 1. The highest BCUT2D eigenvalue weighted by Crippen LogP contribution is 2.20. The van der Waals surface area contributed by atoms with Gasteiger partial charge < -0.3 is 9.73 Å². The molecule has 0 atom stereocenters. The molecule has 0 spiro atoms. The number of nitrogens with zero attached hydrogens (tertiary/aromatic N) is 2. The Balaban J connectivity index is 1.21. The molecule has 1 aliphatic heterocycles. The molecule has 2 aromatic heterocycles. The molecule has 1 fully saturated rings. The molecule has 1 aromatic carbocycles. The molecule has 1 aliphatic rings. The van der Waals surface area contributed by atoms with Crippen molar-refractivity contribution in [3.05, 3.63) is 53.6 Å². The highest BCUT2D eigenvalue weighted by molar-refractivity contribution is 5.87. The number of hydrogen-bond donors (Lipinski definition) is 2. The van der Waals surface area contributed by atoms with Crippen LogP contribution in [0, 0.1) is 12.8 Å². The van der Waals surface area contributed by atoms with Crippen molar-refractivity contribution in [2.45, 2.75) is 32.7 Å². The highest BCUT2D eigenvalue weighted by atomic mass is 16.3. The standard InChI is InChI=1S/C21H26N4O2/c1-15-6-7-17(27-15)14-25-10-8-16(9-11-25)13-22-21(26)12-20-18-4-2-3-5-19(18)23-24-20/h2-7,16H,8-14H2,1H3,(H,22,26)(H,23,24). The van der Waals surface area contributed by atoms with E-state index in [-0.39, 0.29) is 5.91 Å². The first-order valence-electron chi connectivity index (χ1n) is 9.64. The Morgan fingerprint density at radius 2 is 2.07 bits per heavy atom. The Morgan fingerprint density at radius 1 is 1.26 bits per heavy atom. The Bertz CT molecular complexity index is 906. The van der Waals surface area contributed by atoms with E-state index in [2.05, 4.69) is 26.5 Å². The zero-order valence-electron chi connectivity index (χ0n) is 15.7. The van der Waals surface area contributed by atoms with Crippen molar-refractivity contribution in [2.75, 3.05) is 19.6 Å². The lowest BCUT2D eigenvalue weighted by molar-refractivity contribution is -0.120. The quantitative estimate of drug-likeness (QED) is 0.703. The average Bonchev–Trinajstić information content (AvgIpc) is 3.27. The van der Waals surface area contributed by atoms with Crippen LogP contribution in [0.1, 0.15) is 30.1 Å². The van der Waals surface area contributed by atoms with Crippen LogP contribution in [0.4, 0.5) is 0 Å². The van der Waals surface area contributed by atoms with E-state index in [0.717, 1.165) is 67.1 Å². The number of carbonyl (C=O) groups is 1. The van der Waals surface area contributed by atoms with Crippen molar-refractivity contribution in [3.63, 3.8) is 0 Å². The molecular formula is C21H26N4O2. The molecule has 6 nitrogen and oxygen atoms in total. The van der Waals surface area contributed by atoms with Gasteiger partial charge in [-0.2, -0.15) is 5.10 Å². The average molecular weight is 366 g/mol. The van der Waals surface area contributed by atoms with Gasteiger partial charge in [0.2, 0.25) is 5.91 Å². The summed E-state index contributed by atoms with van der Waals surface area (Å²) in [6.45, 7) is 5.69. The fraction of sp³-hybridized carbons (Fsp3) is 0.429. The van der Waals surface area contributed by atoms with E-state index < -0.39 is 0 Å². The van der Waals surface area contributed by atoms with Crippen molar-refractivity contribution in [3.8, 4) is 0 Å². The van der Waals surface area contributed by atoms with Crippen molar-refractivity contribution in [1.82, 2.24) is 20.4 Å². The molecule has 0 aliphatic carbocycles. The Kier molecular flexibility index (Phi) is 5.25. The van der Waals surface area contributed by atoms with Gasteiger partial charge in [-0.1, -0.05) is 18.2 Å². The minimum atomic E-state index is 0.0536. The van der Waals surface area contributed by atoms with Gasteiger partial charge in [0.25, 0.3) is 0 Å². The summed E-state index contributed by atoms with van der Waals surface area (Å²) in [5.41, 5.74) is 1.78. The van der Waals surface area contributed by atoms with Gasteiger partial charge in [-0.25, -0.2) is 0 Å². The summed E-state index contributed by atoms with van der Waals surface area (Å²) in [7, 11) is 0. The number of aromatic nitrogens is 2. The summed E-state index contributed by atoms with van der Waals surface area (Å²) in [4.78, 5) is 14.7. The number of hydrogen-bond acceptors (Lipinski definition) is 4. The van der Waals surface area contributed by atoms with Gasteiger partial charge in [-0.05, 0) is 57.0 Å². The first-order valence-corrected chi connectivity index (χ1v) is 9.64. The van der Waals surface area contributed by atoms with Crippen LogP contribution >= 0.6 is 0 Å². The zero-order valence-corrected chi connectivity index (χ0v) is 15.7. The molecule has 142 valence electrons. The van der Waals surface area contributed by atoms with E-state index in [1.165, 1.54) is 0 Å². The van der Waals surface area contributed by atoms with E-state index in [4.69, 9.17) is 4.42 Å². The number of aryl methyl sites for hydroxylation is 1. The van der Waals surface area contributed by atoms with Gasteiger partial charge in [0.15, 0.2) is 0 Å². The lowest BCUT2D eigenvalue weighted by Gasteiger charge is -2.31. The lowest BCUT2D eigenvalue weighted by Crippen LogP contribution is -2.38. The molecule has 0 saturated carbocycles. The zero-order chi connectivity index (χ0) is 18.6. The van der Waals surface area contributed by atoms with Crippen LogP contribution in [-0.2, 0) is 17.8 Å². The number of nitrogens with one attached hydrogen (secondary N) is 2. The summed E-state index contributed by atoms with van der Waals surface area (Å²) >= 11 is 0. The van der Waals surface area contributed by atoms with Crippen molar-refractivity contribution >= 4 is 16.8 Å². The number of likely N-dealkylation sites (tertiary alicyclic amines) is 1. The van der Waals surface area contributed by atoms with Crippen LogP contribution in [0.2, 0.25) is 0 Å².